The van der Waals surface area contributed by atoms with E-state index in [1.165, 1.54) is 12.1 Å². The molecule has 0 amide bonds. The lowest BCUT2D eigenvalue weighted by atomic mass is 10.1. The van der Waals surface area contributed by atoms with Crippen molar-refractivity contribution in [3.05, 3.63) is 29.6 Å². The predicted octanol–water partition coefficient (Wildman–Crippen LogP) is 2.70. The Morgan fingerprint density at radius 1 is 1.25 bits per heavy atom. The van der Waals surface area contributed by atoms with E-state index in [-0.39, 0.29) is 12.4 Å². The topological polar surface area (TPSA) is 47.9 Å². The lowest BCUT2D eigenvalue weighted by Crippen LogP contribution is -2.14. The number of rotatable bonds is 10. The van der Waals surface area contributed by atoms with Gasteiger partial charge in [-0.25, -0.2) is 4.39 Å². The molecule has 0 fully saturated rings. The largest absolute Gasteiger partial charge is 0.493 e. The van der Waals surface area contributed by atoms with Crippen molar-refractivity contribution < 1.29 is 23.7 Å². The van der Waals surface area contributed by atoms with E-state index < -0.39 is 6.10 Å². The minimum absolute atomic E-state index is 0.239. The zero-order chi connectivity index (χ0) is 14.8. The van der Waals surface area contributed by atoms with Crippen molar-refractivity contribution in [1.82, 2.24) is 0 Å². The van der Waals surface area contributed by atoms with E-state index in [0.29, 0.717) is 31.1 Å². The molecule has 1 unspecified atom stereocenters. The average molecular weight is 286 g/mol. The molecule has 1 atom stereocenters. The van der Waals surface area contributed by atoms with Gasteiger partial charge in [-0.05, 0) is 24.6 Å². The number of hydrogen-bond donors (Lipinski definition) is 1. The number of unbranched alkanes of at least 4 members (excludes halogenated alkanes) is 1. The van der Waals surface area contributed by atoms with Gasteiger partial charge in [-0.15, -0.1) is 0 Å². The third-order valence-corrected chi connectivity index (χ3v) is 2.85. The normalized spacial score (nSPS) is 12.4. The van der Waals surface area contributed by atoms with E-state index in [0.717, 1.165) is 12.8 Å². The van der Waals surface area contributed by atoms with Gasteiger partial charge in [-0.2, -0.15) is 0 Å². The van der Waals surface area contributed by atoms with E-state index in [4.69, 9.17) is 14.2 Å². The molecule has 0 radical (unpaired) electrons. The van der Waals surface area contributed by atoms with Crippen LogP contribution in [0, 0.1) is 5.82 Å². The number of halogens is 1. The highest BCUT2D eigenvalue weighted by Crippen LogP contribution is 2.28. The summed E-state index contributed by atoms with van der Waals surface area (Å²) in [5, 5.41) is 9.42. The summed E-state index contributed by atoms with van der Waals surface area (Å²) in [6, 6.07) is 4.26. The quantitative estimate of drug-likeness (QED) is 0.672. The maximum atomic E-state index is 13.4. The van der Waals surface area contributed by atoms with Crippen molar-refractivity contribution in [3.8, 4) is 5.75 Å². The Hall–Kier alpha value is -1.17. The minimum atomic E-state index is -0.613. The molecule has 0 aliphatic carbocycles. The molecule has 0 spiro atoms. The van der Waals surface area contributed by atoms with Crippen molar-refractivity contribution >= 4 is 0 Å². The van der Waals surface area contributed by atoms with Gasteiger partial charge < -0.3 is 19.3 Å². The second-order valence-corrected chi connectivity index (χ2v) is 4.42. The van der Waals surface area contributed by atoms with Crippen LogP contribution in [0.25, 0.3) is 0 Å². The summed E-state index contributed by atoms with van der Waals surface area (Å²) < 4.78 is 29.4. The molecule has 0 heterocycles. The molecular formula is C15H23FO4. The predicted molar refractivity (Wildman–Crippen MR) is 74.5 cm³/mol. The second kappa shape index (κ2) is 9.69. The molecule has 4 nitrogen and oxygen atoms in total. The Kier molecular flexibility index (Phi) is 8.18. The third-order valence-electron chi connectivity index (χ3n) is 2.85. The van der Waals surface area contributed by atoms with Crippen LogP contribution < -0.4 is 4.74 Å². The van der Waals surface area contributed by atoms with E-state index in [2.05, 4.69) is 6.92 Å². The molecule has 1 aromatic rings. The Morgan fingerprint density at radius 2 is 2.05 bits per heavy atom. The van der Waals surface area contributed by atoms with Crippen LogP contribution in [0.1, 0.15) is 31.4 Å². The number of aliphatic hydroxyl groups excluding tert-OH is 1. The van der Waals surface area contributed by atoms with Crippen LogP contribution in [-0.2, 0) is 9.47 Å². The monoisotopic (exact) mass is 286 g/mol. The molecule has 1 N–H and O–H groups in total. The molecule has 1 rings (SSSR count). The molecule has 0 saturated heterocycles. The fourth-order valence-electron chi connectivity index (χ4n) is 1.74. The molecular weight excluding hydrogens is 263 g/mol. The molecule has 0 aliphatic heterocycles. The number of aliphatic hydroxyl groups is 1. The maximum Gasteiger partial charge on any atom is 0.125 e. The van der Waals surface area contributed by atoms with Crippen LogP contribution in [-0.4, -0.2) is 38.6 Å². The first kappa shape index (κ1) is 16.9. The van der Waals surface area contributed by atoms with Crippen molar-refractivity contribution in [3.63, 3.8) is 0 Å². The van der Waals surface area contributed by atoms with Crippen LogP contribution in [0.5, 0.6) is 5.75 Å². The SMILES string of the molecule is CCCCOc1ccc(F)cc1C(CO)OCCOC. The average Bonchev–Trinajstić information content (AvgIpc) is 2.45. The van der Waals surface area contributed by atoms with Crippen molar-refractivity contribution in [1.29, 1.82) is 0 Å². The Labute approximate surface area is 119 Å². The first-order valence-corrected chi connectivity index (χ1v) is 6.86. The van der Waals surface area contributed by atoms with Crippen molar-refractivity contribution in [2.45, 2.75) is 25.9 Å². The summed E-state index contributed by atoms with van der Waals surface area (Å²) in [6.45, 7) is 3.13. The number of methoxy groups -OCH3 is 1. The zero-order valence-electron chi connectivity index (χ0n) is 12.1. The van der Waals surface area contributed by atoms with Crippen LogP contribution >= 0.6 is 0 Å². The van der Waals surface area contributed by atoms with Gasteiger partial charge in [0.05, 0.1) is 26.4 Å². The lowest BCUT2D eigenvalue weighted by molar-refractivity contribution is -0.0136. The first-order valence-electron chi connectivity index (χ1n) is 6.86. The van der Waals surface area contributed by atoms with Gasteiger partial charge in [0.1, 0.15) is 17.7 Å². The highest BCUT2D eigenvalue weighted by Gasteiger charge is 2.17. The maximum absolute atomic E-state index is 13.4. The second-order valence-electron chi connectivity index (χ2n) is 4.42. The van der Waals surface area contributed by atoms with Gasteiger partial charge >= 0.3 is 0 Å². The Balaban J connectivity index is 2.79. The van der Waals surface area contributed by atoms with Crippen LogP contribution in [0.3, 0.4) is 0 Å². The van der Waals surface area contributed by atoms with E-state index in [1.807, 2.05) is 0 Å². The molecule has 5 heteroatoms. The summed E-state index contributed by atoms with van der Waals surface area (Å²) in [7, 11) is 1.57. The zero-order valence-corrected chi connectivity index (χ0v) is 12.1. The lowest BCUT2D eigenvalue weighted by Gasteiger charge is -2.19. The highest BCUT2D eigenvalue weighted by atomic mass is 19.1. The summed E-state index contributed by atoms with van der Waals surface area (Å²) in [6.07, 6.45) is 1.33. The summed E-state index contributed by atoms with van der Waals surface area (Å²) in [5.74, 6) is 0.174. The fourth-order valence-corrected chi connectivity index (χ4v) is 1.74. The van der Waals surface area contributed by atoms with E-state index in [1.54, 1.807) is 13.2 Å². The smallest absolute Gasteiger partial charge is 0.125 e. The van der Waals surface area contributed by atoms with Gasteiger partial charge in [0.25, 0.3) is 0 Å². The molecule has 0 aliphatic rings. The minimum Gasteiger partial charge on any atom is -0.493 e. The molecule has 1 aromatic carbocycles. The standard InChI is InChI=1S/C15H23FO4/c1-3-4-7-19-14-6-5-12(16)10-13(14)15(11-17)20-9-8-18-2/h5-6,10,15,17H,3-4,7-9,11H2,1-2H3. The van der Waals surface area contributed by atoms with Crippen LogP contribution in [0.15, 0.2) is 18.2 Å². The number of benzene rings is 1. The summed E-state index contributed by atoms with van der Waals surface area (Å²) in [5.41, 5.74) is 0.528. The van der Waals surface area contributed by atoms with Gasteiger partial charge in [0.15, 0.2) is 0 Å². The van der Waals surface area contributed by atoms with E-state index >= 15 is 0 Å². The van der Waals surface area contributed by atoms with Gasteiger partial charge in [-0.3, -0.25) is 0 Å². The fraction of sp³-hybridized carbons (Fsp3) is 0.600. The molecule has 114 valence electrons. The van der Waals surface area contributed by atoms with E-state index in [9.17, 15) is 9.50 Å². The van der Waals surface area contributed by atoms with Crippen LogP contribution in [0.4, 0.5) is 4.39 Å². The molecule has 0 saturated carbocycles. The summed E-state index contributed by atoms with van der Waals surface area (Å²) >= 11 is 0. The molecule has 20 heavy (non-hydrogen) atoms. The van der Waals surface area contributed by atoms with Crippen LogP contribution in [0.2, 0.25) is 0 Å². The number of ether oxygens (including phenoxy) is 3. The highest BCUT2D eigenvalue weighted by molar-refractivity contribution is 5.36. The Morgan fingerprint density at radius 3 is 2.70 bits per heavy atom. The summed E-state index contributed by atoms with van der Waals surface area (Å²) in [4.78, 5) is 0. The van der Waals surface area contributed by atoms with Crippen molar-refractivity contribution in [2.75, 3.05) is 33.5 Å². The van der Waals surface area contributed by atoms with Gasteiger partial charge in [0, 0.05) is 12.7 Å². The number of hydrogen-bond acceptors (Lipinski definition) is 4. The Bertz CT molecular complexity index is 384. The van der Waals surface area contributed by atoms with Gasteiger partial charge in [0.2, 0.25) is 0 Å². The van der Waals surface area contributed by atoms with Gasteiger partial charge in [-0.1, -0.05) is 13.3 Å². The van der Waals surface area contributed by atoms with Crippen molar-refractivity contribution in [2.24, 2.45) is 0 Å². The third kappa shape index (κ3) is 5.45. The molecule has 0 aromatic heterocycles. The molecule has 0 bridgehead atoms. The first-order chi connectivity index (χ1) is 9.72.